The highest BCUT2D eigenvalue weighted by molar-refractivity contribution is 5.92. The molecule has 158 valence electrons. The molecule has 0 heterocycles. The molecule has 0 aromatic heterocycles. The van der Waals surface area contributed by atoms with Crippen LogP contribution in [0.5, 0.6) is 5.75 Å². The number of ether oxygens (including phenoxy) is 2. The summed E-state index contributed by atoms with van der Waals surface area (Å²) in [6, 6.07) is 9.75. The van der Waals surface area contributed by atoms with Gasteiger partial charge in [-0.05, 0) is 61.4 Å². The summed E-state index contributed by atoms with van der Waals surface area (Å²) in [7, 11) is 1.30. The predicted octanol–water partition coefficient (Wildman–Crippen LogP) is 3.52. The number of hydrogen-bond donors (Lipinski definition) is 1. The van der Waals surface area contributed by atoms with Gasteiger partial charge < -0.3 is 14.8 Å². The number of fused-ring (bicyclic) bond motifs is 1. The molecule has 0 spiro atoms. The molecule has 0 radical (unpaired) electrons. The zero-order chi connectivity index (χ0) is 21.7. The third-order valence-electron chi connectivity index (χ3n) is 5.20. The lowest BCUT2D eigenvalue weighted by atomic mass is 9.89. The normalized spacial score (nSPS) is 13.7. The summed E-state index contributed by atoms with van der Waals surface area (Å²) in [5.74, 6) is -1.23. The van der Waals surface area contributed by atoms with Gasteiger partial charge in [-0.15, -0.1) is 0 Å². The third-order valence-corrected chi connectivity index (χ3v) is 5.20. The van der Waals surface area contributed by atoms with Crippen molar-refractivity contribution in [2.75, 3.05) is 13.7 Å². The summed E-state index contributed by atoms with van der Waals surface area (Å²) in [5, 5.41) is 13.9. The van der Waals surface area contributed by atoms with Crippen LogP contribution in [0.4, 0.5) is 5.69 Å². The fourth-order valence-electron chi connectivity index (χ4n) is 3.56. The molecule has 8 nitrogen and oxygen atoms in total. The summed E-state index contributed by atoms with van der Waals surface area (Å²) >= 11 is 0. The molecule has 1 amide bonds. The number of hydrogen-bond acceptors (Lipinski definition) is 6. The Hall–Kier alpha value is -3.42. The van der Waals surface area contributed by atoms with Crippen molar-refractivity contribution in [3.8, 4) is 5.75 Å². The number of nitro groups is 1. The lowest BCUT2D eigenvalue weighted by molar-refractivity contribution is -0.385. The van der Waals surface area contributed by atoms with Crippen LogP contribution in [-0.2, 0) is 22.4 Å². The minimum absolute atomic E-state index is 0.0296. The number of amides is 1. The zero-order valence-electron chi connectivity index (χ0n) is 17.0. The van der Waals surface area contributed by atoms with E-state index in [0.29, 0.717) is 0 Å². The van der Waals surface area contributed by atoms with Gasteiger partial charge >= 0.3 is 11.7 Å². The Morgan fingerprint density at radius 3 is 2.57 bits per heavy atom. The van der Waals surface area contributed by atoms with Crippen LogP contribution < -0.4 is 10.1 Å². The SMILES string of the molecule is COc1ccc(C(=O)OCC(=O)N[C@@H](C)c2ccc3c(c2)CCCC3)cc1[N+](=O)[O-]. The summed E-state index contributed by atoms with van der Waals surface area (Å²) in [4.78, 5) is 34.8. The second kappa shape index (κ2) is 9.39. The van der Waals surface area contributed by atoms with Gasteiger partial charge in [0.2, 0.25) is 0 Å². The third kappa shape index (κ3) is 4.94. The van der Waals surface area contributed by atoms with Crippen molar-refractivity contribution < 1.29 is 24.0 Å². The van der Waals surface area contributed by atoms with E-state index in [2.05, 4.69) is 17.4 Å². The predicted molar refractivity (Wildman–Crippen MR) is 110 cm³/mol. The summed E-state index contributed by atoms with van der Waals surface area (Å²) in [5.41, 5.74) is 3.31. The summed E-state index contributed by atoms with van der Waals surface area (Å²) in [6.45, 7) is 1.39. The van der Waals surface area contributed by atoms with E-state index in [9.17, 15) is 19.7 Å². The maximum Gasteiger partial charge on any atom is 0.338 e. The first-order chi connectivity index (χ1) is 14.4. The largest absolute Gasteiger partial charge is 0.490 e. The highest BCUT2D eigenvalue weighted by atomic mass is 16.6. The van der Waals surface area contributed by atoms with Crippen LogP contribution in [0, 0.1) is 10.1 Å². The van der Waals surface area contributed by atoms with Crippen LogP contribution in [0.15, 0.2) is 36.4 Å². The molecule has 2 aromatic rings. The molecule has 0 fully saturated rings. The molecule has 30 heavy (non-hydrogen) atoms. The lowest BCUT2D eigenvalue weighted by Crippen LogP contribution is -2.31. The number of aryl methyl sites for hydroxylation is 2. The molecule has 0 aliphatic heterocycles. The lowest BCUT2D eigenvalue weighted by Gasteiger charge is -2.20. The Labute approximate surface area is 174 Å². The molecule has 0 saturated carbocycles. The molecule has 1 atom stereocenters. The number of nitrogens with zero attached hydrogens (tertiary/aromatic N) is 1. The number of carbonyl (C=O) groups excluding carboxylic acids is 2. The Morgan fingerprint density at radius 2 is 1.87 bits per heavy atom. The molecule has 0 unspecified atom stereocenters. The Kier molecular flexibility index (Phi) is 6.66. The first kappa shape index (κ1) is 21.3. The molecular weight excluding hydrogens is 388 g/mol. The fraction of sp³-hybridized carbons (Fsp3) is 0.364. The van der Waals surface area contributed by atoms with E-state index in [4.69, 9.17) is 9.47 Å². The highest BCUT2D eigenvalue weighted by Crippen LogP contribution is 2.28. The Bertz CT molecular complexity index is 972. The molecule has 1 aliphatic carbocycles. The van der Waals surface area contributed by atoms with E-state index in [1.54, 1.807) is 0 Å². The average molecular weight is 412 g/mol. The molecule has 3 rings (SSSR count). The number of methoxy groups -OCH3 is 1. The monoisotopic (exact) mass is 412 g/mol. The van der Waals surface area contributed by atoms with Gasteiger partial charge in [-0.1, -0.05) is 18.2 Å². The first-order valence-corrected chi connectivity index (χ1v) is 9.79. The maximum absolute atomic E-state index is 12.2. The molecule has 1 aliphatic rings. The van der Waals surface area contributed by atoms with Crippen LogP contribution in [-0.4, -0.2) is 30.5 Å². The van der Waals surface area contributed by atoms with Gasteiger partial charge in [0.1, 0.15) is 0 Å². The smallest absolute Gasteiger partial charge is 0.338 e. The van der Waals surface area contributed by atoms with Gasteiger partial charge in [-0.3, -0.25) is 14.9 Å². The van der Waals surface area contributed by atoms with Gasteiger partial charge in [0, 0.05) is 6.07 Å². The zero-order valence-corrected chi connectivity index (χ0v) is 17.0. The standard InChI is InChI=1S/C22H24N2O6/c1-14(16-8-7-15-5-3-4-6-17(15)11-16)23-21(25)13-30-22(26)18-9-10-20(29-2)19(12-18)24(27)28/h7-12,14H,3-6,13H2,1-2H3,(H,23,25)/t14-/m0/s1. The number of esters is 1. The van der Waals surface area contributed by atoms with E-state index in [-0.39, 0.29) is 23.0 Å². The van der Waals surface area contributed by atoms with E-state index in [1.807, 2.05) is 13.0 Å². The van der Waals surface area contributed by atoms with Crippen LogP contribution in [0.1, 0.15) is 52.9 Å². The van der Waals surface area contributed by atoms with Crippen LogP contribution in [0.25, 0.3) is 0 Å². The first-order valence-electron chi connectivity index (χ1n) is 9.79. The summed E-state index contributed by atoms with van der Waals surface area (Å²) < 4.78 is 9.91. The van der Waals surface area contributed by atoms with E-state index in [0.717, 1.165) is 24.5 Å². The molecule has 2 aromatic carbocycles. The van der Waals surface area contributed by atoms with E-state index >= 15 is 0 Å². The quantitative estimate of drug-likeness (QED) is 0.424. The highest BCUT2D eigenvalue weighted by Gasteiger charge is 2.20. The van der Waals surface area contributed by atoms with Gasteiger partial charge in [-0.2, -0.15) is 0 Å². The van der Waals surface area contributed by atoms with Gasteiger partial charge in [-0.25, -0.2) is 4.79 Å². The minimum atomic E-state index is -0.822. The van der Waals surface area contributed by atoms with Crippen LogP contribution >= 0.6 is 0 Å². The van der Waals surface area contributed by atoms with Gasteiger partial charge in [0.15, 0.2) is 12.4 Å². The van der Waals surface area contributed by atoms with Crippen molar-refractivity contribution in [3.05, 3.63) is 68.8 Å². The van der Waals surface area contributed by atoms with Crippen molar-refractivity contribution in [1.82, 2.24) is 5.32 Å². The van der Waals surface area contributed by atoms with E-state index < -0.39 is 23.4 Å². The minimum Gasteiger partial charge on any atom is -0.490 e. The molecular formula is C22H24N2O6. The fourth-order valence-corrected chi connectivity index (χ4v) is 3.56. The van der Waals surface area contributed by atoms with Crippen molar-refractivity contribution in [1.29, 1.82) is 0 Å². The van der Waals surface area contributed by atoms with Crippen LogP contribution in [0.3, 0.4) is 0 Å². The van der Waals surface area contributed by atoms with E-state index in [1.165, 1.54) is 43.2 Å². The number of nitro benzene ring substituents is 1. The Balaban J connectivity index is 1.57. The topological polar surface area (TPSA) is 108 Å². The molecule has 1 N–H and O–H groups in total. The number of nitrogens with one attached hydrogen (secondary N) is 1. The van der Waals surface area contributed by atoms with Gasteiger partial charge in [0.25, 0.3) is 5.91 Å². The van der Waals surface area contributed by atoms with Crippen molar-refractivity contribution in [2.24, 2.45) is 0 Å². The summed E-state index contributed by atoms with van der Waals surface area (Å²) in [6.07, 6.45) is 4.53. The number of carbonyl (C=O) groups is 2. The second-order valence-corrected chi connectivity index (χ2v) is 7.24. The Morgan fingerprint density at radius 1 is 1.13 bits per heavy atom. The van der Waals surface area contributed by atoms with Gasteiger partial charge in [0.05, 0.1) is 23.6 Å². The van der Waals surface area contributed by atoms with Crippen molar-refractivity contribution in [2.45, 2.75) is 38.6 Å². The number of rotatable bonds is 7. The molecule has 8 heteroatoms. The molecule has 0 bridgehead atoms. The second-order valence-electron chi connectivity index (χ2n) is 7.24. The van der Waals surface area contributed by atoms with Crippen LogP contribution in [0.2, 0.25) is 0 Å². The average Bonchev–Trinajstić information content (AvgIpc) is 2.76. The number of benzene rings is 2. The van der Waals surface area contributed by atoms with Crippen molar-refractivity contribution >= 4 is 17.6 Å². The van der Waals surface area contributed by atoms with Crippen molar-refractivity contribution in [3.63, 3.8) is 0 Å². The molecule has 0 saturated heterocycles. The maximum atomic E-state index is 12.2.